The van der Waals surface area contributed by atoms with Gasteiger partial charge in [-0.25, -0.2) is 4.98 Å². The van der Waals surface area contributed by atoms with Crippen LogP contribution in [0.15, 0.2) is 5.38 Å². The fourth-order valence-electron chi connectivity index (χ4n) is 1.83. The van der Waals surface area contributed by atoms with Crippen LogP contribution in [0.4, 0.5) is 0 Å². The summed E-state index contributed by atoms with van der Waals surface area (Å²) in [5.41, 5.74) is 6.44. The number of hydrogen-bond acceptors (Lipinski definition) is 4. The van der Waals surface area contributed by atoms with Crippen molar-refractivity contribution >= 4 is 17.2 Å². The number of nitrogens with one attached hydrogen (secondary N) is 1. The summed E-state index contributed by atoms with van der Waals surface area (Å²) in [6.45, 7) is 2.55. The van der Waals surface area contributed by atoms with E-state index in [1.807, 2.05) is 12.3 Å². The first-order valence-corrected chi connectivity index (χ1v) is 7.00. The number of rotatable bonds is 6. The fraction of sp³-hybridized carbons (Fsp3) is 0.667. The summed E-state index contributed by atoms with van der Waals surface area (Å²) in [6, 6.07) is 0.124. The van der Waals surface area contributed by atoms with E-state index in [1.54, 1.807) is 11.3 Å². The van der Waals surface area contributed by atoms with Crippen molar-refractivity contribution in [3.05, 3.63) is 16.1 Å². The molecular formula is C12H19N3OS. The van der Waals surface area contributed by atoms with Crippen LogP contribution in [0.2, 0.25) is 0 Å². The van der Waals surface area contributed by atoms with Crippen LogP contribution in [0.5, 0.6) is 0 Å². The number of carbonyl (C=O) groups is 1. The van der Waals surface area contributed by atoms with Gasteiger partial charge in [0.05, 0.1) is 6.04 Å². The molecule has 5 heteroatoms. The normalized spacial score (nSPS) is 16.8. The molecule has 1 aliphatic rings. The Balaban J connectivity index is 1.96. The summed E-state index contributed by atoms with van der Waals surface area (Å²) < 4.78 is 0. The highest BCUT2D eigenvalue weighted by Gasteiger charge is 2.34. The molecule has 1 amide bonds. The van der Waals surface area contributed by atoms with Gasteiger partial charge in [0, 0.05) is 17.5 Å². The van der Waals surface area contributed by atoms with Crippen LogP contribution in [0.1, 0.15) is 42.4 Å². The molecule has 0 radical (unpaired) electrons. The van der Waals surface area contributed by atoms with Crippen LogP contribution < -0.4 is 11.1 Å². The zero-order chi connectivity index (χ0) is 12.3. The Kier molecular flexibility index (Phi) is 4.12. The first kappa shape index (κ1) is 12.5. The average Bonchev–Trinajstić information content (AvgIpc) is 3.06. The smallest absolute Gasteiger partial charge is 0.220 e. The van der Waals surface area contributed by atoms with Crippen molar-refractivity contribution in [1.29, 1.82) is 0 Å². The number of nitrogens with zero attached hydrogens (tertiary/aromatic N) is 1. The zero-order valence-electron chi connectivity index (χ0n) is 10.1. The number of carbonyl (C=O) groups excluding carboxylic acids is 1. The van der Waals surface area contributed by atoms with E-state index in [0.29, 0.717) is 18.9 Å². The zero-order valence-corrected chi connectivity index (χ0v) is 10.9. The quantitative estimate of drug-likeness (QED) is 0.811. The van der Waals surface area contributed by atoms with E-state index in [4.69, 9.17) is 5.73 Å². The van der Waals surface area contributed by atoms with Gasteiger partial charge in [0.25, 0.3) is 0 Å². The van der Waals surface area contributed by atoms with Crippen molar-refractivity contribution in [1.82, 2.24) is 10.3 Å². The predicted molar refractivity (Wildman–Crippen MR) is 68.7 cm³/mol. The maximum atomic E-state index is 11.7. The summed E-state index contributed by atoms with van der Waals surface area (Å²) in [7, 11) is 0. The number of aryl methyl sites for hydroxylation is 1. The van der Waals surface area contributed by atoms with Crippen LogP contribution in [-0.2, 0) is 4.79 Å². The predicted octanol–water partition coefficient (Wildman–Crippen LogP) is 1.76. The van der Waals surface area contributed by atoms with Crippen LogP contribution >= 0.6 is 11.3 Å². The topological polar surface area (TPSA) is 68.0 Å². The molecule has 4 nitrogen and oxygen atoms in total. The van der Waals surface area contributed by atoms with E-state index in [1.165, 1.54) is 12.8 Å². The van der Waals surface area contributed by atoms with Crippen molar-refractivity contribution in [2.45, 2.75) is 38.6 Å². The molecule has 0 bridgehead atoms. The van der Waals surface area contributed by atoms with Gasteiger partial charge in [0.2, 0.25) is 5.91 Å². The van der Waals surface area contributed by atoms with E-state index in [-0.39, 0.29) is 11.9 Å². The van der Waals surface area contributed by atoms with E-state index in [0.717, 1.165) is 17.1 Å². The molecular weight excluding hydrogens is 234 g/mol. The Morgan fingerprint density at radius 3 is 3.00 bits per heavy atom. The fourth-order valence-corrected chi connectivity index (χ4v) is 2.77. The molecule has 0 aliphatic heterocycles. The van der Waals surface area contributed by atoms with Crippen molar-refractivity contribution in [2.75, 3.05) is 6.54 Å². The molecule has 1 fully saturated rings. The first-order valence-electron chi connectivity index (χ1n) is 6.12. The molecule has 3 N–H and O–H groups in total. The number of nitrogens with two attached hydrogens (primary N) is 1. The van der Waals surface area contributed by atoms with Gasteiger partial charge in [-0.2, -0.15) is 0 Å². The lowest BCUT2D eigenvalue weighted by Crippen LogP contribution is -2.30. The molecule has 0 spiro atoms. The maximum absolute atomic E-state index is 11.7. The molecule has 1 unspecified atom stereocenters. The Bertz CT molecular complexity index is 387. The molecule has 1 aromatic heterocycles. The monoisotopic (exact) mass is 253 g/mol. The summed E-state index contributed by atoms with van der Waals surface area (Å²) in [5.74, 6) is 0.683. The first-order chi connectivity index (χ1) is 8.20. The van der Waals surface area contributed by atoms with Crippen molar-refractivity contribution in [2.24, 2.45) is 11.7 Å². The van der Waals surface area contributed by atoms with Gasteiger partial charge in [-0.3, -0.25) is 4.79 Å². The lowest BCUT2D eigenvalue weighted by atomic mass is 10.2. The van der Waals surface area contributed by atoms with Crippen LogP contribution in [-0.4, -0.2) is 17.4 Å². The molecule has 1 atom stereocenters. The second kappa shape index (κ2) is 5.60. The largest absolute Gasteiger partial charge is 0.347 e. The SMILES string of the molecule is Cc1csc(C(NC(=O)CCCN)C2CC2)n1. The minimum absolute atomic E-state index is 0.0974. The molecule has 2 rings (SSSR count). The average molecular weight is 253 g/mol. The summed E-state index contributed by atoms with van der Waals surface area (Å²) in [5, 5.41) is 6.18. The van der Waals surface area contributed by atoms with Gasteiger partial charge < -0.3 is 11.1 Å². The summed E-state index contributed by atoms with van der Waals surface area (Å²) >= 11 is 1.64. The Morgan fingerprint density at radius 1 is 1.71 bits per heavy atom. The lowest BCUT2D eigenvalue weighted by Gasteiger charge is -2.15. The van der Waals surface area contributed by atoms with Gasteiger partial charge in [0.1, 0.15) is 5.01 Å². The minimum Gasteiger partial charge on any atom is -0.347 e. The molecule has 0 aromatic carbocycles. The summed E-state index contributed by atoms with van der Waals surface area (Å²) in [4.78, 5) is 16.2. The van der Waals surface area contributed by atoms with E-state index in [9.17, 15) is 4.79 Å². The second-order valence-electron chi connectivity index (χ2n) is 4.60. The highest BCUT2D eigenvalue weighted by molar-refractivity contribution is 7.09. The van der Waals surface area contributed by atoms with E-state index >= 15 is 0 Å². The Labute approximate surface area is 106 Å². The highest BCUT2D eigenvalue weighted by Crippen LogP contribution is 2.41. The van der Waals surface area contributed by atoms with Gasteiger partial charge in [0.15, 0.2) is 0 Å². The second-order valence-corrected chi connectivity index (χ2v) is 5.49. The number of amides is 1. The summed E-state index contributed by atoms with van der Waals surface area (Å²) in [6.07, 6.45) is 3.66. The Hall–Kier alpha value is -0.940. The van der Waals surface area contributed by atoms with Crippen LogP contribution in [0, 0.1) is 12.8 Å². The van der Waals surface area contributed by atoms with Crippen molar-refractivity contribution < 1.29 is 4.79 Å². The van der Waals surface area contributed by atoms with Gasteiger partial charge in [-0.1, -0.05) is 0 Å². The molecule has 17 heavy (non-hydrogen) atoms. The number of hydrogen-bond donors (Lipinski definition) is 2. The van der Waals surface area contributed by atoms with Crippen LogP contribution in [0.3, 0.4) is 0 Å². The van der Waals surface area contributed by atoms with Crippen molar-refractivity contribution in [3.63, 3.8) is 0 Å². The van der Waals surface area contributed by atoms with E-state index < -0.39 is 0 Å². The van der Waals surface area contributed by atoms with Gasteiger partial charge in [-0.15, -0.1) is 11.3 Å². The molecule has 1 aliphatic carbocycles. The third-order valence-corrected chi connectivity index (χ3v) is 3.97. The molecule has 1 heterocycles. The molecule has 1 saturated carbocycles. The standard InChI is InChI=1S/C12H19N3OS/c1-8-7-17-12(14-8)11(9-4-5-9)15-10(16)3-2-6-13/h7,9,11H,2-6,13H2,1H3,(H,15,16). The number of aromatic nitrogens is 1. The van der Waals surface area contributed by atoms with Crippen molar-refractivity contribution in [3.8, 4) is 0 Å². The third kappa shape index (κ3) is 3.51. The number of thiazole rings is 1. The maximum Gasteiger partial charge on any atom is 0.220 e. The molecule has 94 valence electrons. The van der Waals surface area contributed by atoms with Crippen LogP contribution in [0.25, 0.3) is 0 Å². The van der Waals surface area contributed by atoms with E-state index in [2.05, 4.69) is 10.3 Å². The molecule has 1 aromatic rings. The third-order valence-electron chi connectivity index (χ3n) is 2.92. The minimum atomic E-state index is 0.0974. The molecule has 0 saturated heterocycles. The Morgan fingerprint density at radius 2 is 2.47 bits per heavy atom. The highest BCUT2D eigenvalue weighted by atomic mass is 32.1. The van der Waals surface area contributed by atoms with Gasteiger partial charge in [-0.05, 0) is 38.6 Å². The lowest BCUT2D eigenvalue weighted by molar-refractivity contribution is -0.122. The van der Waals surface area contributed by atoms with Gasteiger partial charge >= 0.3 is 0 Å².